The maximum Gasteiger partial charge on any atom is 0.271 e. The van der Waals surface area contributed by atoms with E-state index in [1.165, 1.54) is 0 Å². The van der Waals surface area contributed by atoms with Crippen LogP contribution in [0.2, 0.25) is 0 Å². The third-order valence-electron chi connectivity index (χ3n) is 5.70. The van der Waals surface area contributed by atoms with E-state index in [2.05, 4.69) is 72.9 Å². The van der Waals surface area contributed by atoms with Crippen LogP contribution in [0.1, 0.15) is 39.8 Å². The van der Waals surface area contributed by atoms with Crippen molar-refractivity contribution in [3.05, 3.63) is 110 Å². The van der Waals surface area contributed by atoms with Crippen LogP contribution in [-0.2, 0) is 6.61 Å². The molecular weight excluding hydrogens is 598 g/mol. The van der Waals surface area contributed by atoms with Crippen molar-refractivity contribution < 1.29 is 14.3 Å². The highest BCUT2D eigenvalue weighted by Gasteiger charge is 2.12. The number of carbonyl (C=O) groups is 1. The van der Waals surface area contributed by atoms with Gasteiger partial charge in [0.2, 0.25) is 0 Å². The first-order chi connectivity index (χ1) is 17.9. The lowest BCUT2D eigenvalue weighted by Crippen LogP contribution is -2.17. The molecule has 0 radical (unpaired) electrons. The molecule has 37 heavy (non-hydrogen) atoms. The van der Waals surface area contributed by atoms with Gasteiger partial charge < -0.3 is 14.0 Å². The largest absolute Gasteiger partial charge is 0.490 e. The lowest BCUT2D eigenvalue weighted by Gasteiger charge is -2.14. The highest BCUT2D eigenvalue weighted by atomic mass is 79.9. The molecule has 1 N–H and O–H groups in total. The number of aromatic nitrogens is 1. The van der Waals surface area contributed by atoms with Crippen LogP contribution >= 0.6 is 31.9 Å². The first kappa shape index (κ1) is 26.7. The number of carbonyl (C=O) groups excluding carboxylic acids is 1. The van der Waals surface area contributed by atoms with Crippen LogP contribution in [0.3, 0.4) is 0 Å². The van der Waals surface area contributed by atoms with Gasteiger partial charge in [-0.2, -0.15) is 5.10 Å². The fraction of sp³-hybridized carbons (Fsp3) is 0.172. The normalized spacial score (nSPS) is 11.1. The summed E-state index contributed by atoms with van der Waals surface area (Å²) in [6.07, 6.45) is 1.57. The molecule has 0 aliphatic rings. The van der Waals surface area contributed by atoms with E-state index in [0.29, 0.717) is 30.3 Å². The van der Waals surface area contributed by atoms with E-state index in [9.17, 15) is 4.79 Å². The van der Waals surface area contributed by atoms with Gasteiger partial charge in [0.1, 0.15) is 6.61 Å². The molecule has 190 valence electrons. The SMILES string of the molecule is CCOc1cc(/C=N\NC(=O)c2ccc(-n3c(C)ccc3C)cc2)c(Br)cc1OCc1ccc(Br)cc1. The molecule has 0 saturated heterocycles. The number of hydrogen-bond acceptors (Lipinski definition) is 4. The predicted octanol–water partition coefficient (Wildman–Crippen LogP) is 7.36. The number of ether oxygens (including phenoxy) is 2. The number of aryl methyl sites for hydroxylation is 2. The Hall–Kier alpha value is -3.36. The Morgan fingerprint density at radius 2 is 1.57 bits per heavy atom. The summed E-state index contributed by atoms with van der Waals surface area (Å²) in [5, 5.41) is 4.15. The maximum absolute atomic E-state index is 12.6. The second kappa shape index (κ2) is 12.3. The van der Waals surface area contributed by atoms with Gasteiger partial charge in [-0.25, -0.2) is 5.43 Å². The highest BCUT2D eigenvalue weighted by molar-refractivity contribution is 9.10. The summed E-state index contributed by atoms with van der Waals surface area (Å²) in [7, 11) is 0. The molecule has 1 aromatic heterocycles. The van der Waals surface area contributed by atoms with Crippen LogP contribution in [0.5, 0.6) is 11.5 Å². The number of amides is 1. The summed E-state index contributed by atoms with van der Waals surface area (Å²) in [4.78, 5) is 12.6. The van der Waals surface area contributed by atoms with Gasteiger partial charge in [-0.05, 0) is 103 Å². The second-order valence-corrected chi connectivity index (χ2v) is 10.1. The van der Waals surface area contributed by atoms with E-state index >= 15 is 0 Å². The van der Waals surface area contributed by atoms with Crippen molar-refractivity contribution in [3.8, 4) is 17.2 Å². The molecule has 1 heterocycles. The first-order valence-corrected chi connectivity index (χ1v) is 13.4. The third kappa shape index (κ3) is 6.70. The van der Waals surface area contributed by atoms with Crippen molar-refractivity contribution in [1.29, 1.82) is 0 Å². The van der Waals surface area contributed by atoms with Crippen molar-refractivity contribution in [2.24, 2.45) is 5.10 Å². The monoisotopic (exact) mass is 623 g/mol. The van der Waals surface area contributed by atoms with Crippen molar-refractivity contribution in [2.75, 3.05) is 6.61 Å². The number of nitrogens with one attached hydrogen (secondary N) is 1. The fourth-order valence-electron chi connectivity index (χ4n) is 3.84. The second-order valence-electron chi connectivity index (χ2n) is 8.37. The Kier molecular flexibility index (Phi) is 8.84. The summed E-state index contributed by atoms with van der Waals surface area (Å²) >= 11 is 7.01. The Balaban J connectivity index is 1.43. The summed E-state index contributed by atoms with van der Waals surface area (Å²) < 4.78 is 15.7. The average molecular weight is 625 g/mol. The van der Waals surface area contributed by atoms with E-state index in [1.807, 2.05) is 55.5 Å². The van der Waals surface area contributed by atoms with Crippen molar-refractivity contribution >= 4 is 44.0 Å². The molecule has 0 atom stereocenters. The van der Waals surface area contributed by atoms with Gasteiger partial charge in [0.25, 0.3) is 5.91 Å². The van der Waals surface area contributed by atoms with Gasteiger partial charge >= 0.3 is 0 Å². The van der Waals surface area contributed by atoms with Crippen molar-refractivity contribution in [2.45, 2.75) is 27.4 Å². The summed E-state index contributed by atoms with van der Waals surface area (Å²) in [6.45, 7) is 6.92. The zero-order valence-electron chi connectivity index (χ0n) is 20.8. The Labute approximate surface area is 233 Å². The zero-order valence-corrected chi connectivity index (χ0v) is 24.0. The average Bonchev–Trinajstić information content (AvgIpc) is 3.23. The summed E-state index contributed by atoms with van der Waals surface area (Å²) in [6, 6.07) is 23.2. The van der Waals surface area contributed by atoms with E-state index in [4.69, 9.17) is 9.47 Å². The smallest absolute Gasteiger partial charge is 0.271 e. The highest BCUT2D eigenvalue weighted by Crippen LogP contribution is 2.34. The number of hydrogen-bond donors (Lipinski definition) is 1. The number of nitrogens with zero attached hydrogens (tertiary/aromatic N) is 2. The van der Waals surface area contributed by atoms with Crippen LogP contribution in [0.15, 0.2) is 86.8 Å². The van der Waals surface area contributed by atoms with Crippen LogP contribution in [0, 0.1) is 13.8 Å². The van der Waals surface area contributed by atoms with Gasteiger partial charge in [-0.15, -0.1) is 0 Å². The van der Waals surface area contributed by atoms with Crippen molar-refractivity contribution in [1.82, 2.24) is 9.99 Å². The van der Waals surface area contributed by atoms with Gasteiger partial charge in [0.15, 0.2) is 11.5 Å². The molecular formula is C29H27Br2N3O3. The van der Waals surface area contributed by atoms with Gasteiger partial charge in [0.05, 0.1) is 12.8 Å². The molecule has 0 aliphatic heterocycles. The molecule has 0 spiro atoms. The quantitative estimate of drug-likeness (QED) is 0.156. The minimum Gasteiger partial charge on any atom is -0.490 e. The molecule has 0 fully saturated rings. The number of benzene rings is 3. The Morgan fingerprint density at radius 3 is 2.22 bits per heavy atom. The molecule has 0 unspecified atom stereocenters. The molecule has 0 saturated carbocycles. The summed E-state index contributed by atoms with van der Waals surface area (Å²) in [5.41, 5.74) is 8.19. The maximum atomic E-state index is 12.6. The lowest BCUT2D eigenvalue weighted by molar-refractivity contribution is 0.0955. The molecule has 8 heteroatoms. The molecule has 0 bridgehead atoms. The standard InChI is InChI=1S/C29H27Br2N3O3/c1-4-36-27-15-23(26(31)16-28(27)37-18-21-7-11-24(30)12-8-21)17-32-33-29(35)22-9-13-25(14-10-22)34-19(2)5-6-20(34)3/h5-17H,4,18H2,1-3H3,(H,33,35)/b32-17-. The Bertz CT molecular complexity index is 1390. The summed E-state index contributed by atoms with van der Waals surface area (Å²) in [5.74, 6) is 0.923. The van der Waals surface area contributed by atoms with Crippen LogP contribution in [0.4, 0.5) is 0 Å². The zero-order chi connectivity index (χ0) is 26.4. The topological polar surface area (TPSA) is 64.8 Å². The first-order valence-electron chi connectivity index (χ1n) is 11.8. The minimum atomic E-state index is -0.292. The van der Waals surface area contributed by atoms with Gasteiger partial charge in [0, 0.05) is 37.1 Å². The molecule has 6 nitrogen and oxygen atoms in total. The van der Waals surface area contributed by atoms with Crippen LogP contribution in [-0.4, -0.2) is 23.3 Å². The van der Waals surface area contributed by atoms with Gasteiger partial charge in [-0.3, -0.25) is 4.79 Å². The van der Waals surface area contributed by atoms with E-state index in [0.717, 1.165) is 37.1 Å². The van der Waals surface area contributed by atoms with E-state index < -0.39 is 0 Å². The number of rotatable bonds is 9. The van der Waals surface area contributed by atoms with E-state index in [1.54, 1.807) is 18.3 Å². The molecule has 4 aromatic rings. The molecule has 1 amide bonds. The lowest BCUT2D eigenvalue weighted by atomic mass is 10.2. The number of halogens is 2. The third-order valence-corrected chi connectivity index (χ3v) is 6.91. The predicted molar refractivity (Wildman–Crippen MR) is 154 cm³/mol. The van der Waals surface area contributed by atoms with Crippen LogP contribution in [0.25, 0.3) is 5.69 Å². The molecule has 4 rings (SSSR count). The number of hydrazone groups is 1. The minimum absolute atomic E-state index is 0.292. The molecule has 0 aliphatic carbocycles. The van der Waals surface area contributed by atoms with E-state index in [-0.39, 0.29) is 5.91 Å². The van der Waals surface area contributed by atoms with Crippen LogP contribution < -0.4 is 14.9 Å². The fourth-order valence-corrected chi connectivity index (χ4v) is 4.52. The van der Waals surface area contributed by atoms with Gasteiger partial charge in [-0.1, -0.05) is 28.1 Å². The molecule has 3 aromatic carbocycles. The van der Waals surface area contributed by atoms with Crippen molar-refractivity contribution in [3.63, 3.8) is 0 Å². The Morgan fingerprint density at radius 1 is 0.919 bits per heavy atom.